The number of aromatic nitrogens is 2. The molecule has 0 saturated carbocycles. The highest BCUT2D eigenvalue weighted by molar-refractivity contribution is 7.10. The van der Waals surface area contributed by atoms with E-state index < -0.39 is 6.10 Å². The molecule has 0 aliphatic rings. The van der Waals surface area contributed by atoms with Crippen molar-refractivity contribution in [3.8, 4) is 11.3 Å². The van der Waals surface area contributed by atoms with Crippen molar-refractivity contribution in [2.45, 2.75) is 13.0 Å². The number of thiazole rings is 1. The zero-order chi connectivity index (χ0) is 9.26. The summed E-state index contributed by atoms with van der Waals surface area (Å²) in [4.78, 5) is 7.27. The first-order valence-electron chi connectivity index (χ1n) is 4.04. The highest BCUT2D eigenvalue weighted by Gasteiger charge is 2.08. The van der Waals surface area contributed by atoms with Crippen molar-refractivity contribution in [3.05, 3.63) is 28.8 Å². The van der Waals surface area contributed by atoms with E-state index in [4.69, 9.17) is 0 Å². The van der Waals surface area contributed by atoms with Gasteiger partial charge in [-0.25, -0.2) is 4.98 Å². The Bertz CT molecular complexity index is 378. The summed E-state index contributed by atoms with van der Waals surface area (Å²) in [6.45, 7) is 1.72. The monoisotopic (exact) mass is 194 g/mol. The number of aliphatic hydroxyl groups is 1. The van der Waals surface area contributed by atoms with Gasteiger partial charge in [-0.05, 0) is 13.0 Å². The summed E-state index contributed by atoms with van der Waals surface area (Å²) in [7, 11) is 0. The van der Waals surface area contributed by atoms with Crippen LogP contribution in [0.15, 0.2) is 23.8 Å². The minimum atomic E-state index is -0.474. The minimum absolute atomic E-state index is 0.474. The Morgan fingerprint density at radius 2 is 2.46 bits per heavy atom. The fraction of sp³-hybridized carbons (Fsp3) is 0.222. The Kier molecular flexibility index (Phi) is 2.16. The van der Waals surface area contributed by atoms with Crippen LogP contribution in [0.3, 0.4) is 0 Å². The summed E-state index contributed by atoms with van der Waals surface area (Å²) in [5.41, 5.74) is 1.98. The lowest BCUT2D eigenvalue weighted by Gasteiger charge is -1.95. The zero-order valence-corrected chi connectivity index (χ0v) is 8.01. The number of hydrogen-bond donors (Lipinski definition) is 2. The Morgan fingerprint density at radius 3 is 3.00 bits per heavy atom. The van der Waals surface area contributed by atoms with E-state index in [1.165, 1.54) is 11.3 Å². The van der Waals surface area contributed by atoms with Crippen LogP contribution in [0.4, 0.5) is 0 Å². The Balaban J connectivity index is 2.33. The van der Waals surface area contributed by atoms with Crippen molar-refractivity contribution < 1.29 is 5.11 Å². The maximum atomic E-state index is 9.27. The van der Waals surface area contributed by atoms with E-state index >= 15 is 0 Å². The Labute approximate surface area is 80.1 Å². The summed E-state index contributed by atoms with van der Waals surface area (Å²) in [5.74, 6) is 0. The number of nitrogens with zero attached hydrogens (tertiary/aromatic N) is 1. The highest BCUT2D eigenvalue weighted by atomic mass is 32.1. The van der Waals surface area contributed by atoms with E-state index in [1.54, 1.807) is 6.92 Å². The van der Waals surface area contributed by atoms with Gasteiger partial charge in [-0.1, -0.05) is 0 Å². The van der Waals surface area contributed by atoms with Crippen LogP contribution in [0.25, 0.3) is 11.3 Å². The standard InChI is InChI=1S/C9H10N2OS/c1-6(12)9-11-8(5-13-9)7-2-3-10-4-7/h2-6,10,12H,1H3. The molecule has 3 nitrogen and oxygen atoms in total. The lowest BCUT2D eigenvalue weighted by atomic mass is 10.3. The molecule has 2 rings (SSSR count). The van der Waals surface area contributed by atoms with Gasteiger partial charge in [0.2, 0.25) is 0 Å². The van der Waals surface area contributed by atoms with Crippen LogP contribution in [0.1, 0.15) is 18.0 Å². The molecule has 1 atom stereocenters. The third-order valence-corrected chi connectivity index (χ3v) is 2.79. The van der Waals surface area contributed by atoms with Crippen molar-refractivity contribution in [2.75, 3.05) is 0 Å². The Morgan fingerprint density at radius 1 is 1.62 bits per heavy atom. The van der Waals surface area contributed by atoms with Crippen LogP contribution in [-0.2, 0) is 0 Å². The molecule has 1 unspecified atom stereocenters. The smallest absolute Gasteiger partial charge is 0.122 e. The number of aromatic amines is 1. The number of hydrogen-bond acceptors (Lipinski definition) is 3. The van der Waals surface area contributed by atoms with E-state index in [1.807, 2.05) is 23.8 Å². The van der Waals surface area contributed by atoms with Crippen molar-refractivity contribution in [3.63, 3.8) is 0 Å². The first-order chi connectivity index (χ1) is 6.27. The van der Waals surface area contributed by atoms with Gasteiger partial charge in [0, 0.05) is 23.3 Å². The van der Waals surface area contributed by atoms with Crippen molar-refractivity contribution in [2.24, 2.45) is 0 Å². The van der Waals surface area contributed by atoms with Gasteiger partial charge in [0.05, 0.1) is 5.69 Å². The lowest BCUT2D eigenvalue weighted by Crippen LogP contribution is -1.88. The molecule has 68 valence electrons. The largest absolute Gasteiger partial charge is 0.386 e. The molecule has 0 amide bonds. The first kappa shape index (κ1) is 8.47. The summed E-state index contributed by atoms with van der Waals surface area (Å²) in [6, 6.07) is 1.96. The van der Waals surface area contributed by atoms with Gasteiger partial charge in [0.25, 0.3) is 0 Å². The van der Waals surface area contributed by atoms with Crippen LogP contribution in [0, 0.1) is 0 Å². The molecule has 2 N–H and O–H groups in total. The summed E-state index contributed by atoms with van der Waals surface area (Å²) >= 11 is 1.48. The van der Waals surface area contributed by atoms with Crippen LogP contribution in [-0.4, -0.2) is 15.1 Å². The molecule has 2 heterocycles. The molecular formula is C9H10N2OS. The third kappa shape index (κ3) is 1.64. The van der Waals surface area contributed by atoms with E-state index in [2.05, 4.69) is 9.97 Å². The molecule has 0 spiro atoms. The maximum Gasteiger partial charge on any atom is 0.122 e. The van der Waals surface area contributed by atoms with Gasteiger partial charge >= 0.3 is 0 Å². The quantitative estimate of drug-likeness (QED) is 0.770. The molecule has 0 saturated heterocycles. The topological polar surface area (TPSA) is 48.9 Å². The van der Waals surface area contributed by atoms with Crippen LogP contribution in [0.2, 0.25) is 0 Å². The van der Waals surface area contributed by atoms with Gasteiger partial charge in [-0.2, -0.15) is 0 Å². The predicted molar refractivity (Wildman–Crippen MR) is 52.5 cm³/mol. The van der Waals surface area contributed by atoms with Crippen molar-refractivity contribution >= 4 is 11.3 Å². The summed E-state index contributed by atoms with van der Waals surface area (Å²) in [6.07, 6.45) is 3.27. The van der Waals surface area contributed by atoms with E-state index in [9.17, 15) is 5.11 Å². The molecule has 4 heteroatoms. The van der Waals surface area contributed by atoms with E-state index in [0.717, 1.165) is 16.3 Å². The number of H-pyrrole nitrogens is 1. The second kappa shape index (κ2) is 3.32. The first-order valence-corrected chi connectivity index (χ1v) is 4.92. The predicted octanol–water partition coefficient (Wildman–Crippen LogP) is 2.19. The number of nitrogens with one attached hydrogen (secondary N) is 1. The molecule has 0 aromatic carbocycles. The summed E-state index contributed by atoms with van der Waals surface area (Å²) < 4.78 is 0. The van der Waals surface area contributed by atoms with Crippen LogP contribution < -0.4 is 0 Å². The fourth-order valence-corrected chi connectivity index (χ4v) is 1.86. The SMILES string of the molecule is CC(O)c1nc(-c2cc[nH]c2)cs1. The maximum absolute atomic E-state index is 9.27. The van der Waals surface area contributed by atoms with Crippen LogP contribution in [0.5, 0.6) is 0 Å². The van der Waals surface area contributed by atoms with E-state index in [0.29, 0.717) is 0 Å². The molecule has 13 heavy (non-hydrogen) atoms. The highest BCUT2D eigenvalue weighted by Crippen LogP contribution is 2.24. The number of rotatable bonds is 2. The zero-order valence-electron chi connectivity index (χ0n) is 7.19. The van der Waals surface area contributed by atoms with Gasteiger partial charge in [-0.15, -0.1) is 11.3 Å². The molecule has 0 fully saturated rings. The molecular weight excluding hydrogens is 184 g/mol. The second-order valence-corrected chi connectivity index (χ2v) is 3.74. The molecule has 0 aliphatic heterocycles. The van der Waals surface area contributed by atoms with Crippen molar-refractivity contribution in [1.29, 1.82) is 0 Å². The van der Waals surface area contributed by atoms with E-state index in [-0.39, 0.29) is 0 Å². The van der Waals surface area contributed by atoms with Gasteiger partial charge in [0.15, 0.2) is 0 Å². The average Bonchev–Trinajstić information content (AvgIpc) is 2.75. The normalized spacial score (nSPS) is 13.1. The second-order valence-electron chi connectivity index (χ2n) is 2.85. The summed E-state index contributed by atoms with van der Waals surface area (Å²) in [5, 5.41) is 12.0. The number of aliphatic hydroxyl groups excluding tert-OH is 1. The third-order valence-electron chi connectivity index (χ3n) is 1.77. The molecule has 0 aliphatic carbocycles. The van der Waals surface area contributed by atoms with Gasteiger partial charge in [0.1, 0.15) is 11.1 Å². The molecule has 2 aromatic heterocycles. The van der Waals surface area contributed by atoms with Gasteiger partial charge < -0.3 is 10.1 Å². The molecule has 0 bridgehead atoms. The fourth-order valence-electron chi connectivity index (χ4n) is 1.10. The minimum Gasteiger partial charge on any atom is -0.386 e. The van der Waals surface area contributed by atoms with Gasteiger partial charge in [-0.3, -0.25) is 0 Å². The van der Waals surface area contributed by atoms with Crippen LogP contribution >= 0.6 is 11.3 Å². The Hall–Kier alpha value is -1.13. The molecule has 2 aromatic rings. The van der Waals surface area contributed by atoms with Crippen molar-refractivity contribution in [1.82, 2.24) is 9.97 Å². The average molecular weight is 194 g/mol. The molecule has 0 radical (unpaired) electrons. The lowest BCUT2D eigenvalue weighted by molar-refractivity contribution is 0.199.